The third-order valence-electron chi connectivity index (χ3n) is 8.71. The van der Waals surface area contributed by atoms with Gasteiger partial charge in [0.15, 0.2) is 5.82 Å². The van der Waals surface area contributed by atoms with Gasteiger partial charge in [-0.15, -0.1) is 0 Å². The molecule has 0 N–H and O–H groups in total. The number of aliphatic imine (C=N–C) groups is 1. The van der Waals surface area contributed by atoms with Gasteiger partial charge in [-0.05, 0) is 29.3 Å². The van der Waals surface area contributed by atoms with Crippen molar-refractivity contribution in [3.63, 3.8) is 0 Å². The first-order valence-corrected chi connectivity index (χ1v) is 15.2. The van der Waals surface area contributed by atoms with Crippen LogP contribution < -0.4 is 0 Å². The van der Waals surface area contributed by atoms with Gasteiger partial charge in [-0.3, -0.25) is 0 Å². The fourth-order valence-corrected chi connectivity index (χ4v) is 6.50. The maximum absolute atomic E-state index is 5.27. The fraction of sp³-hybridized carbons (Fsp3) is 0.0244. The second-order valence-corrected chi connectivity index (χ2v) is 11.4. The van der Waals surface area contributed by atoms with Crippen LogP contribution in [0.15, 0.2) is 157 Å². The van der Waals surface area contributed by atoms with E-state index in [4.69, 9.17) is 19.9 Å². The van der Waals surface area contributed by atoms with Crippen LogP contribution in [0.5, 0.6) is 0 Å². The number of fused-ring (bicyclic) bond motifs is 6. The van der Waals surface area contributed by atoms with Gasteiger partial charge in [0.25, 0.3) is 0 Å². The van der Waals surface area contributed by atoms with Gasteiger partial charge in [-0.25, -0.2) is 19.9 Å². The molecule has 210 valence electrons. The lowest BCUT2D eigenvalue weighted by molar-refractivity contribution is 1.08. The van der Waals surface area contributed by atoms with E-state index in [1.807, 2.05) is 36.4 Å². The summed E-state index contributed by atoms with van der Waals surface area (Å²) in [6, 6.07) is 44.2. The normalized spacial score (nSPS) is 14.8. The molecule has 7 aromatic rings. The molecule has 0 bridgehead atoms. The largest absolute Gasteiger partial charge is 0.250 e. The minimum Gasteiger partial charge on any atom is -0.250 e. The van der Waals surface area contributed by atoms with Crippen LogP contribution in [0.25, 0.3) is 66.7 Å². The minimum atomic E-state index is 0.101. The molecular weight excluding hydrogens is 548 g/mol. The molecule has 1 atom stereocenters. The summed E-state index contributed by atoms with van der Waals surface area (Å²) in [7, 11) is 0. The quantitative estimate of drug-likeness (QED) is 0.210. The average molecular weight is 575 g/mol. The Labute approximate surface area is 260 Å². The average Bonchev–Trinajstić information content (AvgIpc) is 3.50. The second-order valence-electron chi connectivity index (χ2n) is 11.4. The molecule has 2 aliphatic rings. The number of nitrogens with zero attached hydrogens (tertiary/aromatic N) is 4. The van der Waals surface area contributed by atoms with Crippen LogP contribution in [-0.4, -0.2) is 20.7 Å². The van der Waals surface area contributed by atoms with Crippen LogP contribution in [0.1, 0.15) is 11.6 Å². The summed E-state index contributed by atoms with van der Waals surface area (Å²) in [6.45, 7) is 0. The highest BCUT2D eigenvalue weighted by atomic mass is 14.9. The van der Waals surface area contributed by atoms with Gasteiger partial charge in [0.1, 0.15) is 0 Å². The highest BCUT2D eigenvalue weighted by Gasteiger charge is 2.29. The number of benzene rings is 5. The molecule has 0 saturated heterocycles. The Kier molecular flexibility index (Phi) is 5.85. The van der Waals surface area contributed by atoms with Gasteiger partial charge >= 0.3 is 0 Å². The van der Waals surface area contributed by atoms with Crippen LogP contribution in [0, 0.1) is 0 Å². The van der Waals surface area contributed by atoms with Gasteiger partial charge < -0.3 is 0 Å². The van der Waals surface area contributed by atoms with Crippen molar-refractivity contribution in [1.82, 2.24) is 15.0 Å². The van der Waals surface area contributed by atoms with Crippen LogP contribution in [0.4, 0.5) is 5.69 Å². The summed E-state index contributed by atoms with van der Waals surface area (Å²) < 4.78 is 0. The van der Waals surface area contributed by atoms with Gasteiger partial charge in [0.05, 0.1) is 39.9 Å². The highest BCUT2D eigenvalue weighted by molar-refractivity contribution is 6.13. The van der Waals surface area contributed by atoms with E-state index in [1.54, 1.807) is 0 Å². The molecule has 0 saturated carbocycles. The van der Waals surface area contributed by atoms with Gasteiger partial charge in [-0.2, -0.15) is 0 Å². The molecule has 0 amide bonds. The fourth-order valence-electron chi connectivity index (χ4n) is 6.50. The number of aromatic nitrogens is 3. The van der Waals surface area contributed by atoms with Crippen molar-refractivity contribution in [2.45, 2.75) is 5.92 Å². The summed E-state index contributed by atoms with van der Waals surface area (Å²) in [6.07, 6.45) is 8.42. The van der Waals surface area contributed by atoms with E-state index in [-0.39, 0.29) is 5.92 Å². The minimum absolute atomic E-state index is 0.101. The summed E-state index contributed by atoms with van der Waals surface area (Å²) in [5, 5.41) is 3.30. The molecule has 0 spiro atoms. The lowest BCUT2D eigenvalue weighted by Crippen LogP contribution is -2.07. The molecule has 45 heavy (non-hydrogen) atoms. The number of hydrogen-bond acceptors (Lipinski definition) is 4. The zero-order chi connectivity index (χ0) is 29.7. The Morgan fingerprint density at radius 1 is 0.467 bits per heavy atom. The summed E-state index contributed by atoms with van der Waals surface area (Å²) in [5.41, 5.74) is 11.3. The zero-order valence-electron chi connectivity index (χ0n) is 24.3. The van der Waals surface area contributed by atoms with E-state index in [9.17, 15) is 0 Å². The van der Waals surface area contributed by atoms with Crippen LogP contribution in [0.3, 0.4) is 0 Å². The standard InChI is InChI=1S/C41H26N4/c1-2-11-27(12-3-1)37-33-17-6-9-20-36(33)43-41(45-37)28-23-21-26(22-24-28)29-13-10-14-30(25-29)38-31-15-4-5-16-32(31)39-40(44-38)34-18-7-8-19-35(34)42-39/h1-25,34H. The molecule has 5 aromatic carbocycles. The molecule has 2 aromatic heterocycles. The van der Waals surface area contributed by atoms with Crippen molar-refractivity contribution in [3.8, 4) is 45.0 Å². The molecule has 1 unspecified atom stereocenters. The first-order chi connectivity index (χ1) is 22.3. The summed E-state index contributed by atoms with van der Waals surface area (Å²) >= 11 is 0. The zero-order valence-corrected chi connectivity index (χ0v) is 24.3. The predicted octanol–water partition coefficient (Wildman–Crippen LogP) is 10.1. The van der Waals surface area contributed by atoms with Gasteiger partial charge in [-0.1, -0.05) is 133 Å². The lowest BCUT2D eigenvalue weighted by atomic mass is 9.93. The first kappa shape index (κ1) is 25.5. The monoisotopic (exact) mass is 574 g/mol. The Hall–Kier alpha value is -6.00. The Morgan fingerprint density at radius 3 is 2.02 bits per heavy atom. The Morgan fingerprint density at radius 2 is 1.16 bits per heavy atom. The van der Waals surface area contributed by atoms with Crippen LogP contribution in [0.2, 0.25) is 0 Å². The number of pyridine rings is 1. The third kappa shape index (κ3) is 4.30. The number of para-hydroxylation sites is 1. The van der Waals surface area contributed by atoms with Crippen molar-refractivity contribution in [3.05, 3.63) is 157 Å². The van der Waals surface area contributed by atoms with E-state index < -0.39 is 0 Å². The van der Waals surface area contributed by atoms with E-state index in [0.29, 0.717) is 0 Å². The molecule has 1 aliphatic heterocycles. The van der Waals surface area contributed by atoms with Gasteiger partial charge in [0, 0.05) is 32.8 Å². The summed E-state index contributed by atoms with van der Waals surface area (Å²) in [5.74, 6) is 0.818. The van der Waals surface area contributed by atoms with Crippen molar-refractivity contribution in [2.75, 3.05) is 0 Å². The lowest BCUT2D eigenvalue weighted by Gasteiger charge is -2.14. The molecule has 3 heterocycles. The predicted molar refractivity (Wildman–Crippen MR) is 185 cm³/mol. The van der Waals surface area contributed by atoms with Crippen LogP contribution >= 0.6 is 0 Å². The van der Waals surface area contributed by atoms with E-state index >= 15 is 0 Å². The second kappa shape index (κ2) is 10.3. The van der Waals surface area contributed by atoms with Crippen molar-refractivity contribution >= 4 is 33.1 Å². The molecule has 9 rings (SSSR count). The molecule has 0 radical (unpaired) electrons. The summed E-state index contributed by atoms with van der Waals surface area (Å²) in [4.78, 5) is 20.2. The first-order valence-electron chi connectivity index (χ1n) is 15.2. The molecule has 1 aliphatic carbocycles. The third-order valence-corrected chi connectivity index (χ3v) is 8.71. The maximum Gasteiger partial charge on any atom is 0.160 e. The molecule has 4 nitrogen and oxygen atoms in total. The Bertz CT molecular complexity index is 2370. The molecule has 0 fully saturated rings. The van der Waals surface area contributed by atoms with Crippen LogP contribution in [-0.2, 0) is 0 Å². The molecular formula is C41H26N4. The smallest absolute Gasteiger partial charge is 0.160 e. The van der Waals surface area contributed by atoms with Crippen molar-refractivity contribution in [2.24, 2.45) is 4.99 Å². The topological polar surface area (TPSA) is 51.0 Å². The van der Waals surface area contributed by atoms with E-state index in [1.165, 1.54) is 0 Å². The van der Waals surface area contributed by atoms with E-state index in [2.05, 4.69) is 115 Å². The Balaban J connectivity index is 1.10. The van der Waals surface area contributed by atoms with Crippen molar-refractivity contribution < 1.29 is 0 Å². The highest BCUT2D eigenvalue weighted by Crippen LogP contribution is 2.44. The molecule has 4 heteroatoms. The number of rotatable bonds is 4. The van der Waals surface area contributed by atoms with E-state index in [0.717, 1.165) is 83.8 Å². The number of allylic oxidation sites excluding steroid dienone is 4. The SMILES string of the molecule is C1=CC2=Nc3c(nc(-c4cccc(-c5ccc(-c6nc(-c7ccccc7)c7ccccc7n6)cc5)c4)c4ccccc34)C2C=C1. The maximum atomic E-state index is 5.27. The van der Waals surface area contributed by atoms with Gasteiger partial charge in [0.2, 0.25) is 0 Å². The van der Waals surface area contributed by atoms with Crippen molar-refractivity contribution in [1.29, 1.82) is 0 Å². The number of hydrogen-bond donors (Lipinski definition) is 0.